The molecule has 0 heterocycles. The lowest BCUT2D eigenvalue weighted by Gasteiger charge is -1.93. The Bertz CT molecular complexity index is 181. The number of benzene rings is 1. The summed E-state index contributed by atoms with van der Waals surface area (Å²) in [5.74, 6) is 0. The van der Waals surface area contributed by atoms with Crippen LogP contribution < -0.4 is 6.15 Å². The number of halogens is 1. The maximum absolute atomic E-state index is 3.37. The third-order valence-electron chi connectivity index (χ3n) is 1.32. The Hall–Kier alpha value is -0.340. The number of aryl methyl sites for hydroxylation is 1. The summed E-state index contributed by atoms with van der Waals surface area (Å²) in [6, 6.07) is 8.39. The van der Waals surface area contributed by atoms with Gasteiger partial charge in [0.05, 0.1) is 0 Å². The first-order valence-corrected chi connectivity index (χ1v) is 3.86. The van der Waals surface area contributed by atoms with E-state index in [0.29, 0.717) is 0 Å². The van der Waals surface area contributed by atoms with Crippen LogP contribution in [0.2, 0.25) is 0 Å². The summed E-state index contributed by atoms with van der Waals surface area (Å²) < 4.78 is 1.15. The van der Waals surface area contributed by atoms with Crippen molar-refractivity contribution in [1.82, 2.24) is 6.15 Å². The molecular weight excluding hydrogens is 190 g/mol. The molecule has 0 aromatic heterocycles. The second-order valence-electron chi connectivity index (χ2n) is 1.98. The molecule has 0 bridgehead atoms. The van der Waals surface area contributed by atoms with Crippen LogP contribution in [0.4, 0.5) is 0 Å². The molecule has 3 N–H and O–H groups in total. The third kappa shape index (κ3) is 2.50. The first-order chi connectivity index (χ1) is 4.33. The summed E-state index contributed by atoms with van der Waals surface area (Å²) in [6.45, 7) is 2.16. The van der Waals surface area contributed by atoms with E-state index < -0.39 is 0 Å². The van der Waals surface area contributed by atoms with Crippen LogP contribution in [-0.2, 0) is 6.42 Å². The summed E-state index contributed by atoms with van der Waals surface area (Å²) in [5, 5.41) is 0. The van der Waals surface area contributed by atoms with E-state index in [9.17, 15) is 0 Å². The van der Waals surface area contributed by atoms with Gasteiger partial charge in [-0.25, -0.2) is 0 Å². The molecule has 0 amide bonds. The van der Waals surface area contributed by atoms with Gasteiger partial charge in [0, 0.05) is 4.47 Å². The van der Waals surface area contributed by atoms with Crippen molar-refractivity contribution in [2.75, 3.05) is 0 Å². The molecule has 1 nitrogen and oxygen atoms in total. The fourth-order valence-electron chi connectivity index (χ4n) is 0.720. The van der Waals surface area contributed by atoms with Crippen molar-refractivity contribution in [2.45, 2.75) is 13.3 Å². The molecule has 0 unspecified atom stereocenters. The minimum atomic E-state index is 0. The Kier molecular flexibility index (Phi) is 4.32. The average Bonchev–Trinajstić information content (AvgIpc) is 1.90. The molecule has 0 aliphatic carbocycles. The predicted octanol–water partition coefficient (Wildman–Crippen LogP) is 3.17. The van der Waals surface area contributed by atoms with Crippen LogP contribution in [0.5, 0.6) is 0 Å². The Morgan fingerprint density at radius 2 is 1.70 bits per heavy atom. The zero-order valence-corrected chi connectivity index (χ0v) is 7.69. The second-order valence-corrected chi connectivity index (χ2v) is 2.90. The lowest BCUT2D eigenvalue weighted by Crippen LogP contribution is -1.75. The maximum Gasteiger partial charge on any atom is 0.0175 e. The molecule has 0 radical (unpaired) electrons. The molecule has 0 saturated carbocycles. The highest BCUT2D eigenvalue weighted by atomic mass is 79.9. The van der Waals surface area contributed by atoms with Crippen molar-refractivity contribution < 1.29 is 0 Å². The van der Waals surface area contributed by atoms with Gasteiger partial charge in [-0.1, -0.05) is 35.0 Å². The van der Waals surface area contributed by atoms with Crippen molar-refractivity contribution in [2.24, 2.45) is 0 Å². The zero-order valence-electron chi connectivity index (χ0n) is 6.10. The lowest BCUT2D eigenvalue weighted by atomic mass is 10.2. The molecule has 1 aromatic carbocycles. The summed E-state index contributed by atoms with van der Waals surface area (Å²) in [6.07, 6.45) is 1.12. The predicted molar refractivity (Wildman–Crippen MR) is 48.5 cm³/mol. The van der Waals surface area contributed by atoms with E-state index in [1.54, 1.807) is 0 Å². The van der Waals surface area contributed by atoms with Gasteiger partial charge in [-0.15, -0.1) is 0 Å². The second kappa shape index (κ2) is 4.47. The third-order valence-corrected chi connectivity index (χ3v) is 1.85. The van der Waals surface area contributed by atoms with E-state index in [2.05, 4.69) is 47.1 Å². The lowest BCUT2D eigenvalue weighted by molar-refractivity contribution is 1.14. The maximum atomic E-state index is 3.37. The molecule has 0 aliphatic rings. The Labute approximate surface area is 70.2 Å². The smallest absolute Gasteiger partial charge is 0.0175 e. The van der Waals surface area contributed by atoms with Gasteiger partial charge in [0.15, 0.2) is 0 Å². The first kappa shape index (κ1) is 9.66. The van der Waals surface area contributed by atoms with Crippen molar-refractivity contribution in [1.29, 1.82) is 0 Å². The Balaban J connectivity index is 0.000000810. The van der Waals surface area contributed by atoms with Crippen LogP contribution in [0.1, 0.15) is 12.5 Å². The van der Waals surface area contributed by atoms with Crippen LogP contribution in [-0.4, -0.2) is 0 Å². The Morgan fingerprint density at radius 1 is 1.20 bits per heavy atom. The average molecular weight is 202 g/mol. The molecule has 2 heteroatoms. The standard InChI is InChI=1S/C8H9Br.H3N/c1-2-7-3-5-8(9)6-4-7;/h3-6H,2H2,1H3;1H3. The van der Waals surface area contributed by atoms with E-state index in [1.807, 2.05) is 0 Å². The van der Waals surface area contributed by atoms with Crippen LogP contribution >= 0.6 is 15.9 Å². The van der Waals surface area contributed by atoms with Crippen molar-refractivity contribution in [3.8, 4) is 0 Å². The van der Waals surface area contributed by atoms with E-state index in [0.717, 1.165) is 10.9 Å². The molecule has 10 heavy (non-hydrogen) atoms. The van der Waals surface area contributed by atoms with Gasteiger partial charge < -0.3 is 6.15 Å². The molecule has 0 aliphatic heterocycles. The highest BCUT2D eigenvalue weighted by molar-refractivity contribution is 9.10. The molecule has 0 saturated heterocycles. The van der Waals surface area contributed by atoms with Gasteiger partial charge in [0.2, 0.25) is 0 Å². The van der Waals surface area contributed by atoms with Crippen molar-refractivity contribution in [3.05, 3.63) is 34.3 Å². The molecular formula is C8H12BrN. The fourth-order valence-corrected chi connectivity index (χ4v) is 0.984. The van der Waals surface area contributed by atoms with Gasteiger partial charge in [0.25, 0.3) is 0 Å². The molecule has 0 spiro atoms. The quantitative estimate of drug-likeness (QED) is 0.745. The summed E-state index contributed by atoms with van der Waals surface area (Å²) in [7, 11) is 0. The first-order valence-electron chi connectivity index (χ1n) is 3.07. The normalized spacial score (nSPS) is 8.60. The van der Waals surface area contributed by atoms with Gasteiger partial charge in [0.1, 0.15) is 0 Å². The number of rotatable bonds is 1. The van der Waals surface area contributed by atoms with Crippen LogP contribution in [0.25, 0.3) is 0 Å². The SMILES string of the molecule is CCc1ccc(Br)cc1.N. The fraction of sp³-hybridized carbons (Fsp3) is 0.250. The topological polar surface area (TPSA) is 35.0 Å². The molecule has 1 rings (SSSR count). The van der Waals surface area contributed by atoms with Crippen LogP contribution in [0.3, 0.4) is 0 Å². The summed E-state index contributed by atoms with van der Waals surface area (Å²) in [5.41, 5.74) is 1.39. The van der Waals surface area contributed by atoms with E-state index in [1.165, 1.54) is 5.56 Å². The highest BCUT2D eigenvalue weighted by Gasteiger charge is 1.86. The largest absolute Gasteiger partial charge is 0.344 e. The van der Waals surface area contributed by atoms with Crippen molar-refractivity contribution in [3.63, 3.8) is 0 Å². The van der Waals surface area contributed by atoms with Crippen LogP contribution in [0.15, 0.2) is 28.7 Å². The van der Waals surface area contributed by atoms with Gasteiger partial charge in [-0.3, -0.25) is 0 Å². The molecule has 0 atom stereocenters. The van der Waals surface area contributed by atoms with Gasteiger partial charge in [-0.05, 0) is 24.1 Å². The van der Waals surface area contributed by atoms with Gasteiger partial charge >= 0.3 is 0 Å². The van der Waals surface area contributed by atoms with Gasteiger partial charge in [-0.2, -0.15) is 0 Å². The number of hydrogen-bond acceptors (Lipinski definition) is 1. The summed E-state index contributed by atoms with van der Waals surface area (Å²) in [4.78, 5) is 0. The number of hydrogen-bond donors (Lipinski definition) is 1. The minimum Gasteiger partial charge on any atom is -0.344 e. The van der Waals surface area contributed by atoms with E-state index in [4.69, 9.17) is 0 Å². The molecule has 1 aromatic rings. The highest BCUT2D eigenvalue weighted by Crippen LogP contribution is 2.10. The van der Waals surface area contributed by atoms with Crippen molar-refractivity contribution >= 4 is 15.9 Å². The zero-order chi connectivity index (χ0) is 6.69. The molecule has 56 valence electrons. The monoisotopic (exact) mass is 201 g/mol. The van der Waals surface area contributed by atoms with E-state index >= 15 is 0 Å². The van der Waals surface area contributed by atoms with E-state index in [-0.39, 0.29) is 6.15 Å². The summed E-state index contributed by atoms with van der Waals surface area (Å²) >= 11 is 3.37. The van der Waals surface area contributed by atoms with Crippen LogP contribution in [0, 0.1) is 0 Å². The minimum absolute atomic E-state index is 0. The molecule has 0 fully saturated rings. The Morgan fingerprint density at radius 3 is 2.10 bits per heavy atom.